The molecule has 0 saturated carbocycles. The predicted molar refractivity (Wildman–Crippen MR) is 207 cm³/mol. The predicted octanol–water partition coefficient (Wildman–Crippen LogP) is 4.07. The smallest absolute Gasteiger partial charge is 0.338 e. The van der Waals surface area contributed by atoms with Gasteiger partial charge in [0.2, 0.25) is 0 Å². The highest BCUT2D eigenvalue weighted by molar-refractivity contribution is 6.32. The normalized spacial score (nSPS) is 9.46. The molecule has 5 N–H and O–H groups in total. The van der Waals surface area contributed by atoms with Crippen molar-refractivity contribution in [1.82, 2.24) is 19.9 Å². The molecule has 0 fully saturated rings. The molecule has 19 nitrogen and oxygen atoms in total. The number of aliphatic hydroxyl groups excluding tert-OH is 1. The quantitative estimate of drug-likeness (QED) is 0.0678. The van der Waals surface area contributed by atoms with Crippen LogP contribution < -0.4 is 0 Å². The third-order valence-corrected chi connectivity index (χ3v) is 6.76. The minimum absolute atomic E-state index is 0.0231. The van der Waals surface area contributed by atoms with Gasteiger partial charge < -0.3 is 35.0 Å². The van der Waals surface area contributed by atoms with E-state index in [2.05, 4.69) is 24.7 Å². The second kappa shape index (κ2) is 29.3. The Morgan fingerprint density at radius 2 is 0.983 bits per heavy atom. The van der Waals surface area contributed by atoms with E-state index in [1.807, 2.05) is 0 Å². The summed E-state index contributed by atoms with van der Waals surface area (Å²) in [6.07, 6.45) is 6.49. The number of hydrogen-bond acceptors (Lipinski definition) is 15. The van der Waals surface area contributed by atoms with E-state index in [0.717, 1.165) is 0 Å². The van der Waals surface area contributed by atoms with Crippen molar-refractivity contribution in [2.45, 2.75) is 53.4 Å². The van der Waals surface area contributed by atoms with Crippen molar-refractivity contribution in [3.05, 3.63) is 118 Å². The van der Waals surface area contributed by atoms with E-state index in [1.54, 1.807) is 19.1 Å². The zero-order valence-electron chi connectivity index (χ0n) is 32.4. The highest BCUT2D eigenvalue weighted by Crippen LogP contribution is 2.11. The van der Waals surface area contributed by atoms with Crippen molar-refractivity contribution in [3.63, 3.8) is 0 Å². The van der Waals surface area contributed by atoms with Gasteiger partial charge >= 0.3 is 35.8 Å². The van der Waals surface area contributed by atoms with Crippen LogP contribution in [0.3, 0.4) is 0 Å². The molecule has 4 aromatic rings. The molecule has 4 aromatic heterocycles. The van der Waals surface area contributed by atoms with Gasteiger partial charge in [-0.25, -0.2) is 24.2 Å². The van der Waals surface area contributed by atoms with Crippen LogP contribution in [-0.2, 0) is 47.9 Å². The first kappa shape index (κ1) is 52.0. The SMILES string of the molecule is CC(=O)Cc1ncccc1C(=O)O.CC(=O)OCCc1ncccc1C(=O)O.CCOC(=O)CC(C)=O.O=C(O)c1cccnc1CCO.O=C(O)c1cccnc1Cl. The number of carboxylic acids is 4. The summed E-state index contributed by atoms with van der Waals surface area (Å²) in [4.78, 5) is 99.4. The van der Waals surface area contributed by atoms with Crippen LogP contribution in [0, 0.1) is 0 Å². The number of aromatic carboxylic acids is 4. The van der Waals surface area contributed by atoms with Crippen LogP contribution in [0.25, 0.3) is 0 Å². The maximum atomic E-state index is 10.8. The van der Waals surface area contributed by atoms with Gasteiger partial charge in [-0.3, -0.25) is 34.1 Å². The maximum Gasteiger partial charge on any atom is 0.338 e. The summed E-state index contributed by atoms with van der Waals surface area (Å²) in [6, 6.07) is 12.0. The number of pyridine rings is 4. The largest absolute Gasteiger partial charge is 0.478 e. The lowest BCUT2D eigenvalue weighted by molar-refractivity contribution is -0.145. The Labute approximate surface area is 342 Å². The van der Waals surface area contributed by atoms with Gasteiger partial charge in [-0.1, -0.05) is 11.6 Å². The summed E-state index contributed by atoms with van der Waals surface area (Å²) in [5.74, 6) is -5.22. The Morgan fingerprint density at radius 1 is 0.576 bits per heavy atom. The molecule has 20 heteroatoms. The summed E-state index contributed by atoms with van der Waals surface area (Å²) in [5.41, 5.74) is 1.60. The molecule has 0 amide bonds. The van der Waals surface area contributed by atoms with E-state index in [9.17, 15) is 38.4 Å². The van der Waals surface area contributed by atoms with E-state index in [0.29, 0.717) is 30.1 Å². The van der Waals surface area contributed by atoms with E-state index < -0.39 is 29.8 Å². The first-order chi connectivity index (χ1) is 27.9. The fourth-order valence-corrected chi connectivity index (χ4v) is 4.23. The highest BCUT2D eigenvalue weighted by Gasteiger charge is 2.13. The Balaban J connectivity index is 0.000000721. The Bertz CT molecular complexity index is 2040. The molecule has 0 unspecified atom stereocenters. The van der Waals surface area contributed by atoms with E-state index in [1.165, 1.54) is 82.0 Å². The molecule has 0 aliphatic rings. The van der Waals surface area contributed by atoms with Crippen LogP contribution in [0.2, 0.25) is 5.15 Å². The van der Waals surface area contributed by atoms with Crippen molar-refractivity contribution < 1.29 is 73.4 Å². The summed E-state index contributed by atoms with van der Waals surface area (Å²) in [6.45, 7) is 6.17. The number of esters is 2. The number of rotatable bonds is 14. The molecule has 0 atom stereocenters. The zero-order chi connectivity index (χ0) is 44.9. The molecule has 0 aliphatic carbocycles. The molecule has 316 valence electrons. The summed E-state index contributed by atoms with van der Waals surface area (Å²) >= 11 is 5.43. The third kappa shape index (κ3) is 23.0. The number of Topliss-reactive ketones (excluding diaryl/α,β-unsaturated/α-hetero) is 2. The van der Waals surface area contributed by atoms with Crippen LogP contribution in [-0.4, -0.2) is 113 Å². The fourth-order valence-electron chi connectivity index (χ4n) is 4.03. The van der Waals surface area contributed by atoms with Gasteiger partial charge in [0, 0.05) is 57.6 Å². The number of hydrogen-bond donors (Lipinski definition) is 5. The summed E-state index contributed by atoms with van der Waals surface area (Å²) < 4.78 is 9.20. The van der Waals surface area contributed by atoms with Crippen molar-refractivity contribution in [2.24, 2.45) is 0 Å². The second-order valence-corrected chi connectivity index (χ2v) is 11.5. The monoisotopic (exact) mass is 842 g/mol. The van der Waals surface area contributed by atoms with Crippen LogP contribution in [0.1, 0.15) is 92.6 Å². The van der Waals surface area contributed by atoms with E-state index in [4.69, 9.17) is 41.9 Å². The van der Waals surface area contributed by atoms with Crippen LogP contribution in [0.5, 0.6) is 0 Å². The number of halogens is 1. The van der Waals surface area contributed by atoms with Gasteiger partial charge in [0.25, 0.3) is 0 Å². The summed E-state index contributed by atoms with van der Waals surface area (Å²) in [5, 5.41) is 43.3. The average molecular weight is 843 g/mol. The lowest BCUT2D eigenvalue weighted by Crippen LogP contribution is -2.09. The molecule has 0 bridgehead atoms. The second-order valence-electron chi connectivity index (χ2n) is 11.2. The van der Waals surface area contributed by atoms with Crippen LogP contribution in [0.4, 0.5) is 0 Å². The Hall–Kier alpha value is -6.99. The molecule has 4 rings (SSSR count). The van der Waals surface area contributed by atoms with Crippen LogP contribution in [0.15, 0.2) is 73.3 Å². The maximum absolute atomic E-state index is 10.8. The number of carbonyl (C=O) groups excluding carboxylic acids is 4. The van der Waals surface area contributed by atoms with Crippen molar-refractivity contribution in [2.75, 3.05) is 19.8 Å². The number of carboxylic acid groups (broad SMARTS) is 4. The Morgan fingerprint density at radius 3 is 1.34 bits per heavy atom. The third-order valence-electron chi connectivity index (χ3n) is 6.46. The first-order valence-corrected chi connectivity index (χ1v) is 17.5. The minimum Gasteiger partial charge on any atom is -0.478 e. The standard InChI is InChI=1S/C10H11NO4.C9H9NO3.C8H9NO3.C6H4ClNO2.C6H10O3/c1-7(12)15-6-4-9-8(10(13)14)3-2-5-11-9;1-6(11)5-8-7(9(12)13)3-2-4-10-8;10-5-3-7-6(8(11)12)2-1-4-9-7;7-5-4(6(9)10)2-1-3-8-5;1-3-9-6(8)4-5(2)7/h2-3,5H,4,6H2,1H3,(H,13,14);2-4H,5H2,1H3,(H,12,13);1-2,4,10H,3,5H2,(H,11,12);1-3H,(H,9,10);3-4H2,1-2H3. The molecule has 0 spiro atoms. The number of nitrogens with zero attached hydrogens (tertiary/aromatic N) is 4. The lowest BCUT2D eigenvalue weighted by atomic mass is 10.1. The molecular weight excluding hydrogens is 800 g/mol. The van der Waals surface area contributed by atoms with Gasteiger partial charge in [0.15, 0.2) is 0 Å². The lowest BCUT2D eigenvalue weighted by Gasteiger charge is -2.04. The number of carbonyl (C=O) groups is 8. The summed E-state index contributed by atoms with van der Waals surface area (Å²) in [7, 11) is 0. The minimum atomic E-state index is -1.06. The number of ketones is 2. The molecule has 0 aromatic carbocycles. The number of ether oxygens (including phenoxy) is 2. The van der Waals surface area contributed by atoms with Crippen molar-refractivity contribution >= 4 is 59.0 Å². The topological polar surface area (TPSA) is 308 Å². The molecule has 59 heavy (non-hydrogen) atoms. The first-order valence-electron chi connectivity index (χ1n) is 17.1. The van der Waals surface area contributed by atoms with E-state index >= 15 is 0 Å². The van der Waals surface area contributed by atoms with Gasteiger partial charge in [-0.15, -0.1) is 0 Å². The fraction of sp³-hybridized carbons (Fsp3) is 0.282. The number of aromatic nitrogens is 4. The van der Waals surface area contributed by atoms with Crippen molar-refractivity contribution in [1.29, 1.82) is 0 Å². The number of aliphatic hydroxyl groups is 1. The van der Waals surface area contributed by atoms with Gasteiger partial charge in [0.05, 0.1) is 52.5 Å². The van der Waals surface area contributed by atoms with E-state index in [-0.39, 0.29) is 77.4 Å². The molecule has 0 aliphatic heterocycles. The highest BCUT2D eigenvalue weighted by atomic mass is 35.5. The molecular formula is C39H43ClN4O15. The van der Waals surface area contributed by atoms with Crippen molar-refractivity contribution in [3.8, 4) is 0 Å². The van der Waals surface area contributed by atoms with Gasteiger partial charge in [0.1, 0.15) is 23.1 Å². The van der Waals surface area contributed by atoms with Gasteiger partial charge in [-0.2, -0.15) is 0 Å². The molecule has 0 saturated heterocycles. The van der Waals surface area contributed by atoms with Crippen LogP contribution >= 0.6 is 11.6 Å². The Kier molecular flexibility index (Phi) is 25.8. The molecule has 4 heterocycles. The average Bonchev–Trinajstić information content (AvgIpc) is 3.16. The van der Waals surface area contributed by atoms with Gasteiger partial charge in [-0.05, 0) is 69.3 Å². The zero-order valence-corrected chi connectivity index (χ0v) is 33.1. The molecule has 0 radical (unpaired) electrons.